The Labute approximate surface area is 115 Å². The minimum atomic E-state index is -3.48. The van der Waals surface area contributed by atoms with E-state index in [0.717, 1.165) is 13.0 Å². The number of sulfonamides is 1. The lowest BCUT2D eigenvalue weighted by atomic mass is 10.3. The lowest BCUT2D eigenvalue weighted by Crippen LogP contribution is -2.25. The third kappa shape index (κ3) is 5.18. The van der Waals surface area contributed by atoms with E-state index in [9.17, 15) is 8.42 Å². The fraction of sp³-hybridized carbons (Fsp3) is 0.538. The third-order valence-electron chi connectivity index (χ3n) is 2.54. The van der Waals surface area contributed by atoms with E-state index < -0.39 is 10.0 Å². The zero-order valence-electron chi connectivity index (χ0n) is 11.6. The Balaban J connectivity index is 2.59. The first kappa shape index (κ1) is 15.9. The Hall–Kier alpha value is -1.11. The van der Waals surface area contributed by atoms with Gasteiger partial charge >= 0.3 is 0 Å². The monoisotopic (exact) mass is 286 g/mol. The van der Waals surface area contributed by atoms with Crippen LogP contribution in [0.15, 0.2) is 29.2 Å². The van der Waals surface area contributed by atoms with E-state index in [4.69, 9.17) is 4.74 Å². The molecular weight excluding hydrogens is 264 g/mol. The van der Waals surface area contributed by atoms with Crippen LogP contribution in [0.2, 0.25) is 0 Å². The quantitative estimate of drug-likeness (QED) is 0.708. The van der Waals surface area contributed by atoms with E-state index in [0.29, 0.717) is 18.4 Å². The molecule has 0 atom stereocenters. The van der Waals surface area contributed by atoms with Gasteiger partial charge in [0.15, 0.2) is 0 Å². The molecule has 2 N–H and O–H groups in total. The number of rotatable bonds is 8. The van der Waals surface area contributed by atoms with Gasteiger partial charge < -0.3 is 10.1 Å². The summed E-state index contributed by atoms with van der Waals surface area (Å²) in [7, 11) is -2.09. The highest BCUT2D eigenvalue weighted by Crippen LogP contribution is 2.22. The second-order valence-electron chi connectivity index (χ2n) is 4.47. The topological polar surface area (TPSA) is 67.4 Å². The molecule has 0 aliphatic carbocycles. The Bertz CT molecular complexity index is 486. The van der Waals surface area contributed by atoms with Crippen molar-refractivity contribution in [1.29, 1.82) is 0 Å². The molecule has 0 unspecified atom stereocenters. The molecule has 0 bridgehead atoms. The highest BCUT2D eigenvalue weighted by molar-refractivity contribution is 7.89. The van der Waals surface area contributed by atoms with Crippen LogP contribution >= 0.6 is 0 Å². The summed E-state index contributed by atoms with van der Waals surface area (Å²) in [5.41, 5.74) is 0. The van der Waals surface area contributed by atoms with E-state index >= 15 is 0 Å². The second-order valence-corrected chi connectivity index (χ2v) is 6.32. The molecule has 108 valence electrons. The van der Waals surface area contributed by atoms with Crippen molar-refractivity contribution >= 4 is 10.0 Å². The van der Waals surface area contributed by atoms with Gasteiger partial charge in [-0.2, -0.15) is 0 Å². The van der Waals surface area contributed by atoms with E-state index in [1.807, 2.05) is 0 Å². The highest BCUT2D eigenvalue weighted by Gasteiger charge is 2.16. The second kappa shape index (κ2) is 7.47. The molecule has 0 radical (unpaired) electrons. The van der Waals surface area contributed by atoms with E-state index in [-0.39, 0.29) is 4.90 Å². The molecule has 0 amide bonds. The molecule has 0 aliphatic rings. The molecule has 1 rings (SSSR count). The molecular formula is C13H22N2O3S. The van der Waals surface area contributed by atoms with Crippen molar-refractivity contribution < 1.29 is 13.2 Å². The fourth-order valence-corrected chi connectivity index (χ4v) is 2.42. The van der Waals surface area contributed by atoms with Crippen LogP contribution < -0.4 is 14.8 Å². The molecule has 1 aromatic rings. The van der Waals surface area contributed by atoms with Crippen LogP contribution in [0.5, 0.6) is 5.75 Å². The van der Waals surface area contributed by atoms with Crippen LogP contribution in [-0.2, 0) is 10.0 Å². The molecule has 1 aromatic carbocycles. The summed E-state index contributed by atoms with van der Waals surface area (Å²) < 4.78 is 31.4. The molecule has 0 spiro atoms. The molecule has 19 heavy (non-hydrogen) atoms. The fourth-order valence-electron chi connectivity index (χ4n) is 1.55. The van der Waals surface area contributed by atoms with Gasteiger partial charge in [-0.25, -0.2) is 13.1 Å². The molecule has 5 nitrogen and oxygen atoms in total. The van der Waals surface area contributed by atoms with Crippen LogP contribution in [0.25, 0.3) is 0 Å². The molecule has 0 heterocycles. The van der Waals surface area contributed by atoms with Crippen LogP contribution in [0.4, 0.5) is 0 Å². The predicted molar refractivity (Wildman–Crippen MR) is 75.9 cm³/mol. The molecule has 0 saturated heterocycles. The summed E-state index contributed by atoms with van der Waals surface area (Å²) in [6.07, 6.45) is 0.826. The summed E-state index contributed by atoms with van der Waals surface area (Å²) in [6.45, 7) is 5.49. The van der Waals surface area contributed by atoms with Gasteiger partial charge in [-0.05, 0) is 32.1 Å². The summed E-state index contributed by atoms with van der Waals surface area (Å²) in [5, 5.41) is 3.28. The first-order valence-electron chi connectivity index (χ1n) is 6.36. The van der Waals surface area contributed by atoms with Gasteiger partial charge in [0, 0.05) is 6.04 Å². The van der Waals surface area contributed by atoms with Crippen molar-refractivity contribution in [3.63, 3.8) is 0 Å². The molecule has 0 aromatic heterocycles. The van der Waals surface area contributed by atoms with Gasteiger partial charge in [-0.1, -0.05) is 26.0 Å². The first-order valence-corrected chi connectivity index (χ1v) is 7.84. The van der Waals surface area contributed by atoms with Crippen LogP contribution in [0.3, 0.4) is 0 Å². The maximum atomic E-state index is 11.8. The maximum Gasteiger partial charge on any atom is 0.243 e. The lowest BCUT2D eigenvalue weighted by molar-refractivity contribution is 0.298. The van der Waals surface area contributed by atoms with Crippen molar-refractivity contribution in [3.8, 4) is 5.75 Å². The highest BCUT2D eigenvalue weighted by atomic mass is 32.2. The Morgan fingerprint density at radius 1 is 1.26 bits per heavy atom. The maximum absolute atomic E-state index is 11.8. The van der Waals surface area contributed by atoms with Crippen molar-refractivity contribution in [2.75, 3.05) is 20.2 Å². The first-order chi connectivity index (χ1) is 8.97. The van der Waals surface area contributed by atoms with Crippen molar-refractivity contribution in [2.45, 2.75) is 31.2 Å². The zero-order chi connectivity index (χ0) is 14.3. The van der Waals surface area contributed by atoms with Gasteiger partial charge in [0.1, 0.15) is 10.6 Å². The van der Waals surface area contributed by atoms with Gasteiger partial charge in [-0.15, -0.1) is 0 Å². The van der Waals surface area contributed by atoms with Crippen LogP contribution in [-0.4, -0.2) is 34.7 Å². The van der Waals surface area contributed by atoms with E-state index in [2.05, 4.69) is 23.9 Å². The Morgan fingerprint density at radius 3 is 2.58 bits per heavy atom. The number of benzene rings is 1. The number of hydrogen-bond acceptors (Lipinski definition) is 4. The third-order valence-corrected chi connectivity index (χ3v) is 3.99. The number of nitrogens with one attached hydrogen (secondary N) is 2. The molecule has 6 heteroatoms. The normalized spacial score (nSPS) is 11.8. The molecule has 0 fully saturated rings. The Kier molecular flexibility index (Phi) is 6.27. The van der Waals surface area contributed by atoms with Crippen molar-refractivity contribution in [3.05, 3.63) is 24.3 Å². The van der Waals surface area contributed by atoms with Gasteiger partial charge in [0.2, 0.25) is 10.0 Å². The summed E-state index contributed by atoms with van der Waals surface area (Å²) in [5.74, 6) is 0.390. The SMILES string of the molecule is CNS(=O)(=O)c1ccccc1OCCCNC(C)C. The average molecular weight is 286 g/mol. The smallest absolute Gasteiger partial charge is 0.243 e. The molecule has 0 saturated carbocycles. The minimum Gasteiger partial charge on any atom is -0.492 e. The van der Waals surface area contributed by atoms with Gasteiger partial charge in [-0.3, -0.25) is 0 Å². The lowest BCUT2D eigenvalue weighted by Gasteiger charge is -2.12. The van der Waals surface area contributed by atoms with E-state index in [1.165, 1.54) is 13.1 Å². The standard InChI is InChI=1S/C13H22N2O3S/c1-11(2)15-9-6-10-18-12-7-4-5-8-13(12)19(16,17)14-3/h4-5,7-8,11,14-15H,6,9-10H2,1-3H3. The van der Waals surface area contributed by atoms with E-state index in [1.54, 1.807) is 18.2 Å². The number of hydrogen-bond donors (Lipinski definition) is 2. The number of ether oxygens (including phenoxy) is 1. The average Bonchev–Trinajstić information content (AvgIpc) is 2.38. The Morgan fingerprint density at radius 2 is 1.95 bits per heavy atom. The minimum absolute atomic E-state index is 0.175. The zero-order valence-corrected chi connectivity index (χ0v) is 12.5. The predicted octanol–water partition coefficient (Wildman–Crippen LogP) is 1.36. The molecule has 0 aliphatic heterocycles. The van der Waals surface area contributed by atoms with Crippen LogP contribution in [0.1, 0.15) is 20.3 Å². The van der Waals surface area contributed by atoms with Gasteiger partial charge in [0.05, 0.1) is 6.61 Å². The summed E-state index contributed by atoms with van der Waals surface area (Å²) >= 11 is 0. The summed E-state index contributed by atoms with van der Waals surface area (Å²) in [4.78, 5) is 0.175. The number of para-hydroxylation sites is 1. The summed E-state index contributed by atoms with van der Waals surface area (Å²) in [6, 6.07) is 7.08. The largest absolute Gasteiger partial charge is 0.492 e. The van der Waals surface area contributed by atoms with Crippen molar-refractivity contribution in [1.82, 2.24) is 10.0 Å². The van der Waals surface area contributed by atoms with Crippen LogP contribution in [0, 0.1) is 0 Å². The van der Waals surface area contributed by atoms with Gasteiger partial charge in [0.25, 0.3) is 0 Å². The van der Waals surface area contributed by atoms with Crippen molar-refractivity contribution in [2.24, 2.45) is 0 Å².